The van der Waals surface area contributed by atoms with Gasteiger partial charge in [0.05, 0.1) is 23.4 Å². The van der Waals surface area contributed by atoms with Gasteiger partial charge in [-0.3, -0.25) is 4.79 Å². The van der Waals surface area contributed by atoms with Gasteiger partial charge in [0, 0.05) is 36.8 Å². The van der Waals surface area contributed by atoms with Crippen molar-refractivity contribution in [3.8, 4) is 0 Å². The maximum Gasteiger partial charge on any atom is 0.259 e. The van der Waals surface area contributed by atoms with Crippen molar-refractivity contribution in [2.45, 2.75) is 39.2 Å². The molecule has 26 heavy (non-hydrogen) atoms. The smallest absolute Gasteiger partial charge is 0.259 e. The molecule has 7 nitrogen and oxygen atoms in total. The Kier molecular flexibility index (Phi) is 4.58. The molecule has 4 heterocycles. The van der Waals surface area contributed by atoms with Crippen molar-refractivity contribution >= 4 is 17.2 Å². The van der Waals surface area contributed by atoms with E-state index in [1.165, 1.54) is 0 Å². The molecule has 0 atom stereocenters. The third-order valence-corrected chi connectivity index (χ3v) is 5.59. The van der Waals surface area contributed by atoms with Crippen molar-refractivity contribution in [3.63, 3.8) is 0 Å². The Balaban J connectivity index is 1.43. The number of nitrogens with zero attached hydrogens (tertiary/aromatic N) is 5. The Labute approximate surface area is 155 Å². The average molecular weight is 371 g/mol. The van der Waals surface area contributed by atoms with Crippen LogP contribution in [-0.2, 0) is 6.54 Å². The van der Waals surface area contributed by atoms with E-state index in [9.17, 15) is 4.79 Å². The number of carbonyl (C=O) groups excluding carboxylic acids is 1. The summed E-state index contributed by atoms with van der Waals surface area (Å²) in [5.74, 6) is 2.05. The van der Waals surface area contributed by atoms with Crippen LogP contribution in [0.5, 0.6) is 0 Å². The van der Waals surface area contributed by atoms with E-state index in [2.05, 4.69) is 25.1 Å². The molecular weight excluding hydrogens is 350 g/mol. The molecule has 1 aliphatic rings. The van der Waals surface area contributed by atoms with Crippen molar-refractivity contribution in [1.82, 2.24) is 24.6 Å². The molecule has 1 amide bonds. The Morgan fingerprint density at radius 1 is 1.31 bits per heavy atom. The molecule has 1 aliphatic heterocycles. The standard InChI is InChI=1S/C18H21N5O2S/c1-12-16(13(2)25-21-12)18(24)22-6-3-14(4-7-22)17-19-5-8-23(17)9-15-10-26-11-20-15/h5,8,10-11,14H,3-4,6-7,9H2,1-2H3. The molecule has 0 aliphatic carbocycles. The third-order valence-electron chi connectivity index (χ3n) is 4.96. The number of aryl methyl sites for hydroxylation is 2. The largest absolute Gasteiger partial charge is 0.361 e. The predicted octanol–water partition coefficient (Wildman–Crippen LogP) is 3.01. The minimum Gasteiger partial charge on any atom is -0.361 e. The predicted molar refractivity (Wildman–Crippen MR) is 97.3 cm³/mol. The first-order valence-corrected chi connectivity index (χ1v) is 9.68. The number of rotatable bonds is 4. The number of amides is 1. The van der Waals surface area contributed by atoms with Gasteiger partial charge >= 0.3 is 0 Å². The van der Waals surface area contributed by atoms with Crippen LogP contribution in [0.3, 0.4) is 0 Å². The summed E-state index contributed by atoms with van der Waals surface area (Å²) in [7, 11) is 0. The molecule has 8 heteroatoms. The van der Waals surface area contributed by atoms with E-state index < -0.39 is 0 Å². The van der Waals surface area contributed by atoms with Crippen LogP contribution in [0.2, 0.25) is 0 Å². The van der Waals surface area contributed by atoms with Crippen molar-refractivity contribution in [2.24, 2.45) is 0 Å². The average Bonchev–Trinajstić information content (AvgIpc) is 3.38. The number of aromatic nitrogens is 4. The number of imidazole rings is 1. The number of carbonyl (C=O) groups is 1. The van der Waals surface area contributed by atoms with Gasteiger partial charge in [-0.05, 0) is 26.7 Å². The first-order chi connectivity index (χ1) is 12.6. The van der Waals surface area contributed by atoms with Crippen LogP contribution in [0, 0.1) is 13.8 Å². The van der Waals surface area contributed by atoms with Crippen LogP contribution < -0.4 is 0 Å². The van der Waals surface area contributed by atoms with Gasteiger partial charge in [0.1, 0.15) is 17.1 Å². The van der Waals surface area contributed by atoms with Crippen molar-refractivity contribution in [3.05, 3.63) is 51.8 Å². The highest BCUT2D eigenvalue weighted by Gasteiger charge is 2.29. The lowest BCUT2D eigenvalue weighted by Gasteiger charge is -2.32. The second kappa shape index (κ2) is 7.03. The maximum atomic E-state index is 12.8. The number of likely N-dealkylation sites (tertiary alicyclic amines) is 1. The minimum atomic E-state index is 0.0190. The highest BCUT2D eigenvalue weighted by molar-refractivity contribution is 7.07. The molecule has 0 N–H and O–H groups in total. The van der Waals surface area contributed by atoms with E-state index in [1.54, 1.807) is 18.3 Å². The zero-order chi connectivity index (χ0) is 18.1. The van der Waals surface area contributed by atoms with Crippen LogP contribution in [0.1, 0.15) is 52.1 Å². The molecule has 0 unspecified atom stereocenters. The molecule has 3 aromatic rings. The number of hydrogen-bond acceptors (Lipinski definition) is 6. The van der Waals surface area contributed by atoms with E-state index in [0.717, 1.165) is 44.0 Å². The minimum absolute atomic E-state index is 0.0190. The lowest BCUT2D eigenvalue weighted by atomic mass is 9.95. The number of piperidine rings is 1. The highest BCUT2D eigenvalue weighted by atomic mass is 32.1. The van der Waals surface area contributed by atoms with Crippen molar-refractivity contribution in [1.29, 1.82) is 0 Å². The highest BCUT2D eigenvalue weighted by Crippen LogP contribution is 2.29. The second-order valence-corrected chi connectivity index (χ2v) is 7.38. The Morgan fingerprint density at radius 3 is 2.77 bits per heavy atom. The first-order valence-electron chi connectivity index (χ1n) is 8.73. The van der Waals surface area contributed by atoms with Crippen molar-refractivity contribution in [2.75, 3.05) is 13.1 Å². The molecule has 4 rings (SSSR count). The maximum absolute atomic E-state index is 12.8. The zero-order valence-electron chi connectivity index (χ0n) is 14.9. The molecule has 136 valence electrons. The van der Waals surface area contributed by atoms with Gasteiger partial charge < -0.3 is 14.0 Å². The summed E-state index contributed by atoms with van der Waals surface area (Å²) in [6.45, 7) is 5.78. The fourth-order valence-electron chi connectivity index (χ4n) is 3.59. The van der Waals surface area contributed by atoms with E-state index in [-0.39, 0.29) is 5.91 Å². The Morgan fingerprint density at radius 2 is 2.12 bits per heavy atom. The molecule has 1 saturated heterocycles. The third kappa shape index (κ3) is 3.16. The van der Waals surface area contributed by atoms with Crippen molar-refractivity contribution < 1.29 is 9.32 Å². The van der Waals surface area contributed by atoms with Gasteiger partial charge in [-0.1, -0.05) is 5.16 Å². The summed E-state index contributed by atoms with van der Waals surface area (Å²) < 4.78 is 7.31. The molecular formula is C18H21N5O2S. The fraction of sp³-hybridized carbons (Fsp3) is 0.444. The van der Waals surface area contributed by atoms with Gasteiger partial charge in [0.15, 0.2) is 0 Å². The summed E-state index contributed by atoms with van der Waals surface area (Å²) in [6.07, 6.45) is 5.67. The van der Waals surface area contributed by atoms with Gasteiger partial charge in [0.2, 0.25) is 0 Å². The van der Waals surface area contributed by atoms with E-state index in [4.69, 9.17) is 4.52 Å². The molecule has 0 bridgehead atoms. The molecule has 0 saturated carbocycles. The normalized spacial score (nSPS) is 15.5. The van der Waals surface area contributed by atoms with Crippen LogP contribution in [-0.4, -0.2) is 43.6 Å². The SMILES string of the molecule is Cc1noc(C)c1C(=O)N1CCC(c2nccn2Cc2cscn2)CC1. The number of hydrogen-bond donors (Lipinski definition) is 0. The summed E-state index contributed by atoms with van der Waals surface area (Å²) in [4.78, 5) is 23.6. The van der Waals surface area contributed by atoms with Crippen LogP contribution >= 0.6 is 11.3 Å². The van der Waals surface area contributed by atoms with E-state index in [1.807, 2.05) is 29.7 Å². The second-order valence-electron chi connectivity index (χ2n) is 6.66. The van der Waals surface area contributed by atoms with Crippen LogP contribution in [0.25, 0.3) is 0 Å². The molecule has 1 fully saturated rings. The van der Waals surface area contributed by atoms with Crippen LogP contribution in [0.4, 0.5) is 0 Å². The van der Waals surface area contributed by atoms with Gasteiger partial charge in [0.25, 0.3) is 5.91 Å². The fourth-order valence-corrected chi connectivity index (χ4v) is 4.14. The van der Waals surface area contributed by atoms with E-state index in [0.29, 0.717) is 22.9 Å². The lowest BCUT2D eigenvalue weighted by Crippen LogP contribution is -2.38. The van der Waals surface area contributed by atoms with E-state index >= 15 is 0 Å². The molecule has 3 aromatic heterocycles. The molecule has 0 radical (unpaired) electrons. The summed E-state index contributed by atoms with van der Waals surface area (Å²) >= 11 is 1.61. The van der Waals surface area contributed by atoms with Crippen LogP contribution in [0.15, 0.2) is 27.8 Å². The van der Waals surface area contributed by atoms with Gasteiger partial charge in [-0.25, -0.2) is 9.97 Å². The Hall–Kier alpha value is -2.48. The summed E-state index contributed by atoms with van der Waals surface area (Å²) in [5, 5.41) is 5.96. The topological polar surface area (TPSA) is 77.0 Å². The van der Waals surface area contributed by atoms with Gasteiger partial charge in [-0.2, -0.15) is 0 Å². The lowest BCUT2D eigenvalue weighted by molar-refractivity contribution is 0.0708. The Bertz CT molecular complexity index is 871. The quantitative estimate of drug-likeness (QED) is 0.704. The molecule has 0 aromatic carbocycles. The first kappa shape index (κ1) is 17.0. The number of thiazole rings is 1. The summed E-state index contributed by atoms with van der Waals surface area (Å²) in [6, 6.07) is 0. The van der Waals surface area contributed by atoms with Gasteiger partial charge in [-0.15, -0.1) is 11.3 Å². The molecule has 0 spiro atoms. The monoisotopic (exact) mass is 371 g/mol. The summed E-state index contributed by atoms with van der Waals surface area (Å²) in [5.41, 5.74) is 4.17. The zero-order valence-corrected chi connectivity index (χ0v) is 15.7.